The average molecular weight is 294 g/mol. The van der Waals surface area contributed by atoms with Crippen molar-refractivity contribution in [2.75, 3.05) is 18.9 Å². The molecular formula is C16H26N2O3. The number of nitrogens with two attached hydrogens (primary N) is 1. The highest BCUT2D eigenvalue weighted by Gasteiger charge is 2.14. The first-order valence-electron chi connectivity index (χ1n) is 7.55. The van der Waals surface area contributed by atoms with Crippen LogP contribution in [0, 0.1) is 0 Å². The normalized spacial score (nSPS) is 12.1. The number of nitrogen functional groups attached to an aromatic ring is 1. The van der Waals surface area contributed by atoms with E-state index in [0.717, 1.165) is 24.8 Å². The quantitative estimate of drug-likeness (QED) is 0.577. The average Bonchev–Trinajstić information content (AvgIpc) is 2.45. The minimum atomic E-state index is -0.792. The summed E-state index contributed by atoms with van der Waals surface area (Å²) in [5.74, 6) is -0.0809. The monoisotopic (exact) mass is 294 g/mol. The third-order valence-electron chi connectivity index (χ3n) is 3.22. The van der Waals surface area contributed by atoms with Gasteiger partial charge >= 0.3 is 5.97 Å². The Morgan fingerprint density at radius 3 is 2.71 bits per heavy atom. The Balaban J connectivity index is 2.48. The van der Waals surface area contributed by atoms with Crippen molar-refractivity contribution in [1.82, 2.24) is 5.32 Å². The van der Waals surface area contributed by atoms with Gasteiger partial charge < -0.3 is 20.9 Å². The molecule has 0 amide bonds. The van der Waals surface area contributed by atoms with Gasteiger partial charge in [0.25, 0.3) is 0 Å². The van der Waals surface area contributed by atoms with Crippen molar-refractivity contribution in [3.63, 3.8) is 0 Å². The number of carboxylic acids is 1. The lowest BCUT2D eigenvalue weighted by Gasteiger charge is -2.14. The van der Waals surface area contributed by atoms with E-state index < -0.39 is 12.0 Å². The Hall–Kier alpha value is -1.75. The minimum absolute atomic E-state index is 0.473. The number of aliphatic carboxylic acids is 1. The van der Waals surface area contributed by atoms with Crippen LogP contribution in [0.3, 0.4) is 0 Å². The number of rotatable bonds is 10. The summed E-state index contributed by atoms with van der Waals surface area (Å²) in [5, 5.41) is 12.1. The molecule has 1 atom stereocenters. The number of nitrogens with one attached hydrogen (secondary N) is 1. The van der Waals surface area contributed by atoms with E-state index in [0.29, 0.717) is 31.0 Å². The van der Waals surface area contributed by atoms with Gasteiger partial charge in [-0.2, -0.15) is 0 Å². The molecule has 5 nitrogen and oxygen atoms in total. The first kappa shape index (κ1) is 17.3. The van der Waals surface area contributed by atoms with Gasteiger partial charge in [-0.1, -0.05) is 26.3 Å². The summed E-state index contributed by atoms with van der Waals surface area (Å²) < 4.78 is 5.53. The number of carboxylic acid groups (broad SMARTS) is 1. The maximum absolute atomic E-state index is 11.0. The molecule has 0 aromatic heterocycles. The first-order chi connectivity index (χ1) is 10.1. The Morgan fingerprint density at radius 2 is 2.14 bits per heavy atom. The van der Waals surface area contributed by atoms with Crippen molar-refractivity contribution in [2.24, 2.45) is 0 Å². The molecular weight excluding hydrogens is 268 g/mol. The predicted molar refractivity (Wildman–Crippen MR) is 84.7 cm³/mol. The molecule has 1 unspecified atom stereocenters. The van der Waals surface area contributed by atoms with E-state index in [9.17, 15) is 4.79 Å². The van der Waals surface area contributed by atoms with E-state index >= 15 is 0 Å². The van der Waals surface area contributed by atoms with Gasteiger partial charge in [0.15, 0.2) is 0 Å². The van der Waals surface area contributed by atoms with E-state index in [1.807, 2.05) is 32.0 Å². The van der Waals surface area contributed by atoms with Crippen LogP contribution < -0.4 is 15.8 Å². The number of hydrogen-bond acceptors (Lipinski definition) is 4. The highest BCUT2D eigenvalue weighted by molar-refractivity contribution is 5.73. The molecule has 0 aliphatic carbocycles. The van der Waals surface area contributed by atoms with Gasteiger partial charge in [-0.05, 0) is 43.5 Å². The largest absolute Gasteiger partial charge is 0.491 e. The molecule has 0 bridgehead atoms. The van der Waals surface area contributed by atoms with Crippen LogP contribution in [0.2, 0.25) is 0 Å². The molecule has 0 aliphatic rings. The van der Waals surface area contributed by atoms with Crippen LogP contribution in [0.4, 0.5) is 5.69 Å². The molecule has 1 rings (SSSR count). The molecule has 1 aromatic carbocycles. The SMILES string of the molecule is CCCOc1ccc(CCNC(CCC)C(=O)O)cc1N. The zero-order chi connectivity index (χ0) is 15.7. The fourth-order valence-electron chi connectivity index (χ4n) is 2.09. The lowest BCUT2D eigenvalue weighted by molar-refractivity contribution is -0.139. The lowest BCUT2D eigenvalue weighted by atomic mass is 10.1. The minimum Gasteiger partial charge on any atom is -0.491 e. The molecule has 0 heterocycles. The van der Waals surface area contributed by atoms with E-state index in [2.05, 4.69) is 5.32 Å². The molecule has 0 radical (unpaired) electrons. The van der Waals surface area contributed by atoms with E-state index in [4.69, 9.17) is 15.6 Å². The zero-order valence-electron chi connectivity index (χ0n) is 12.9. The summed E-state index contributed by atoms with van der Waals surface area (Å²) in [5.41, 5.74) is 7.65. The number of carbonyl (C=O) groups is 1. The first-order valence-corrected chi connectivity index (χ1v) is 7.55. The molecule has 0 fully saturated rings. The van der Waals surface area contributed by atoms with Gasteiger partial charge in [-0.3, -0.25) is 4.79 Å². The summed E-state index contributed by atoms with van der Waals surface area (Å²) >= 11 is 0. The molecule has 1 aromatic rings. The predicted octanol–water partition coefficient (Wildman–Crippen LogP) is 2.44. The third kappa shape index (κ3) is 6.04. The standard InChI is InChI=1S/C16H26N2O3/c1-3-5-14(16(19)20)18-9-8-12-6-7-15(13(17)11-12)21-10-4-2/h6-7,11,14,18H,3-5,8-10,17H2,1-2H3,(H,19,20). The number of benzene rings is 1. The maximum atomic E-state index is 11.0. The van der Waals surface area contributed by atoms with Crippen LogP contribution in [0.15, 0.2) is 18.2 Å². The zero-order valence-corrected chi connectivity index (χ0v) is 12.9. The summed E-state index contributed by atoms with van der Waals surface area (Å²) in [6.07, 6.45) is 3.17. The van der Waals surface area contributed by atoms with E-state index in [1.54, 1.807) is 0 Å². The Bertz CT molecular complexity index is 449. The van der Waals surface area contributed by atoms with Crippen LogP contribution in [-0.2, 0) is 11.2 Å². The molecule has 0 aliphatic heterocycles. The fourth-order valence-corrected chi connectivity index (χ4v) is 2.09. The van der Waals surface area contributed by atoms with Crippen LogP contribution >= 0.6 is 0 Å². The molecule has 5 heteroatoms. The van der Waals surface area contributed by atoms with Crippen molar-refractivity contribution >= 4 is 11.7 Å². The van der Waals surface area contributed by atoms with Crippen molar-refractivity contribution in [3.05, 3.63) is 23.8 Å². The molecule has 21 heavy (non-hydrogen) atoms. The lowest BCUT2D eigenvalue weighted by Crippen LogP contribution is -2.37. The molecule has 0 saturated carbocycles. The molecule has 118 valence electrons. The Kier molecular flexibility index (Phi) is 7.61. The maximum Gasteiger partial charge on any atom is 0.320 e. The third-order valence-corrected chi connectivity index (χ3v) is 3.22. The number of anilines is 1. The van der Waals surface area contributed by atoms with Crippen molar-refractivity contribution in [3.8, 4) is 5.75 Å². The van der Waals surface area contributed by atoms with Gasteiger partial charge in [0.1, 0.15) is 11.8 Å². The van der Waals surface area contributed by atoms with Crippen LogP contribution in [0.1, 0.15) is 38.7 Å². The van der Waals surface area contributed by atoms with E-state index in [-0.39, 0.29) is 0 Å². The van der Waals surface area contributed by atoms with Gasteiger partial charge in [0.2, 0.25) is 0 Å². The molecule has 4 N–H and O–H groups in total. The second kappa shape index (κ2) is 9.23. The number of ether oxygens (including phenoxy) is 1. The topological polar surface area (TPSA) is 84.6 Å². The highest BCUT2D eigenvalue weighted by atomic mass is 16.5. The fraction of sp³-hybridized carbons (Fsp3) is 0.562. The summed E-state index contributed by atoms with van der Waals surface area (Å²) in [4.78, 5) is 11.0. The Labute approximate surface area is 126 Å². The van der Waals surface area contributed by atoms with Crippen LogP contribution in [-0.4, -0.2) is 30.3 Å². The van der Waals surface area contributed by atoms with E-state index in [1.165, 1.54) is 0 Å². The van der Waals surface area contributed by atoms with Gasteiger partial charge in [0.05, 0.1) is 12.3 Å². The number of hydrogen-bond donors (Lipinski definition) is 3. The second-order valence-corrected chi connectivity index (χ2v) is 5.10. The summed E-state index contributed by atoms with van der Waals surface area (Å²) in [6, 6.07) is 5.27. The van der Waals surface area contributed by atoms with Crippen molar-refractivity contribution in [2.45, 2.75) is 45.6 Å². The summed E-state index contributed by atoms with van der Waals surface area (Å²) in [6.45, 7) is 5.30. The van der Waals surface area contributed by atoms with Crippen molar-refractivity contribution in [1.29, 1.82) is 0 Å². The smallest absolute Gasteiger partial charge is 0.320 e. The molecule has 0 spiro atoms. The van der Waals surface area contributed by atoms with Gasteiger partial charge in [-0.15, -0.1) is 0 Å². The van der Waals surface area contributed by atoms with Gasteiger partial charge in [0, 0.05) is 0 Å². The Morgan fingerprint density at radius 1 is 1.38 bits per heavy atom. The van der Waals surface area contributed by atoms with Crippen LogP contribution in [0.5, 0.6) is 5.75 Å². The second-order valence-electron chi connectivity index (χ2n) is 5.10. The van der Waals surface area contributed by atoms with Gasteiger partial charge in [-0.25, -0.2) is 0 Å². The summed E-state index contributed by atoms with van der Waals surface area (Å²) in [7, 11) is 0. The van der Waals surface area contributed by atoms with Crippen molar-refractivity contribution < 1.29 is 14.6 Å². The molecule has 0 saturated heterocycles. The highest BCUT2D eigenvalue weighted by Crippen LogP contribution is 2.22. The van der Waals surface area contributed by atoms with Crippen LogP contribution in [0.25, 0.3) is 0 Å².